The van der Waals surface area contributed by atoms with Gasteiger partial charge in [-0.25, -0.2) is 8.42 Å². The van der Waals surface area contributed by atoms with Crippen LogP contribution in [-0.2, 0) is 21.2 Å². The van der Waals surface area contributed by atoms with E-state index in [4.69, 9.17) is 39.5 Å². The zero-order chi connectivity index (χ0) is 26.4. The van der Waals surface area contributed by atoms with E-state index in [1.54, 1.807) is 48.5 Å². The van der Waals surface area contributed by atoms with Gasteiger partial charge in [0.25, 0.3) is 0 Å². The Balaban J connectivity index is 1.65. The van der Waals surface area contributed by atoms with Gasteiger partial charge in [-0.05, 0) is 60.5 Å². The maximum Gasteiger partial charge on any atom is 0.243 e. The van der Waals surface area contributed by atoms with E-state index in [1.807, 2.05) is 24.3 Å². The number of para-hydroxylation sites is 1. The minimum absolute atomic E-state index is 0.0239. The highest BCUT2D eigenvalue weighted by atomic mass is 35.5. The fourth-order valence-corrected chi connectivity index (χ4v) is 5.63. The number of anilines is 1. The first kappa shape index (κ1) is 27.0. The van der Waals surface area contributed by atoms with Gasteiger partial charge in [-0.2, -0.15) is 4.72 Å². The van der Waals surface area contributed by atoms with Crippen LogP contribution in [0.3, 0.4) is 0 Å². The van der Waals surface area contributed by atoms with Crippen molar-refractivity contribution in [2.24, 2.45) is 0 Å². The third-order valence-electron chi connectivity index (χ3n) is 5.25. The van der Waals surface area contributed by atoms with E-state index in [2.05, 4.69) is 10.0 Å². The fraction of sp³-hybridized carbons (Fsp3) is 0.0741. The standard InChI is InChI=1S/C27H21Cl3N2O4S/c28-19-12-14-25(36-21-9-5-2-6-10-21)23(16-19)31-27(33)24(15-18-7-3-1-4-8-18)32-37(34,35)26-17-20(29)11-13-22(26)30/h1-14,16-17,24,32H,15H2,(H,31,33)/t24-/m1/s1. The molecule has 6 nitrogen and oxygen atoms in total. The van der Waals surface area contributed by atoms with E-state index in [0.29, 0.717) is 16.5 Å². The lowest BCUT2D eigenvalue weighted by Gasteiger charge is -2.20. The second kappa shape index (κ2) is 12.0. The average Bonchev–Trinajstić information content (AvgIpc) is 2.88. The van der Waals surface area contributed by atoms with Crippen molar-refractivity contribution in [3.8, 4) is 11.5 Å². The lowest BCUT2D eigenvalue weighted by Crippen LogP contribution is -2.45. The van der Waals surface area contributed by atoms with Gasteiger partial charge in [0.1, 0.15) is 16.7 Å². The van der Waals surface area contributed by atoms with Gasteiger partial charge in [0, 0.05) is 10.0 Å². The number of ether oxygens (including phenoxy) is 1. The fourth-order valence-electron chi connectivity index (χ4n) is 3.50. The molecule has 37 heavy (non-hydrogen) atoms. The second-order valence-electron chi connectivity index (χ2n) is 7.98. The van der Waals surface area contributed by atoms with Gasteiger partial charge < -0.3 is 10.1 Å². The number of hydrogen-bond donors (Lipinski definition) is 2. The summed E-state index contributed by atoms with van der Waals surface area (Å²) in [7, 11) is -4.22. The molecule has 0 fully saturated rings. The van der Waals surface area contributed by atoms with Gasteiger partial charge in [0.05, 0.1) is 10.7 Å². The Morgan fingerprint density at radius 2 is 1.43 bits per heavy atom. The second-order valence-corrected chi connectivity index (χ2v) is 10.9. The number of benzene rings is 4. The molecule has 0 radical (unpaired) electrons. The van der Waals surface area contributed by atoms with Gasteiger partial charge in [0.2, 0.25) is 15.9 Å². The summed E-state index contributed by atoms with van der Waals surface area (Å²) < 4.78 is 34.9. The molecule has 4 aromatic carbocycles. The third-order valence-corrected chi connectivity index (χ3v) is 7.67. The maximum absolute atomic E-state index is 13.5. The summed E-state index contributed by atoms with van der Waals surface area (Å²) in [5.74, 6) is 0.270. The Bertz CT molecular complexity index is 1500. The van der Waals surface area contributed by atoms with E-state index in [-0.39, 0.29) is 27.0 Å². The van der Waals surface area contributed by atoms with Crippen molar-refractivity contribution in [1.82, 2.24) is 4.72 Å². The van der Waals surface area contributed by atoms with Gasteiger partial charge in [0.15, 0.2) is 5.75 Å². The number of amides is 1. The molecule has 0 aliphatic rings. The molecule has 1 atom stereocenters. The normalized spacial score (nSPS) is 12.1. The smallest absolute Gasteiger partial charge is 0.243 e. The number of hydrogen-bond acceptors (Lipinski definition) is 4. The van der Waals surface area contributed by atoms with Gasteiger partial charge >= 0.3 is 0 Å². The molecule has 0 bridgehead atoms. The molecule has 4 aromatic rings. The van der Waals surface area contributed by atoms with E-state index in [1.165, 1.54) is 24.3 Å². The molecule has 0 aromatic heterocycles. The van der Waals surface area contributed by atoms with E-state index in [0.717, 1.165) is 5.56 Å². The molecule has 0 aliphatic heterocycles. The quantitative estimate of drug-likeness (QED) is 0.226. The molecular weight excluding hydrogens is 555 g/mol. The van der Waals surface area contributed by atoms with E-state index in [9.17, 15) is 13.2 Å². The predicted molar refractivity (Wildman–Crippen MR) is 147 cm³/mol. The summed E-state index contributed by atoms with van der Waals surface area (Å²) in [6.07, 6.45) is 0.0690. The zero-order valence-corrected chi connectivity index (χ0v) is 22.3. The predicted octanol–water partition coefficient (Wildman–Crippen LogP) is 6.97. The van der Waals surface area contributed by atoms with Gasteiger partial charge in [-0.1, -0.05) is 83.3 Å². The molecule has 0 spiro atoms. The van der Waals surface area contributed by atoms with Crippen molar-refractivity contribution < 1.29 is 17.9 Å². The van der Waals surface area contributed by atoms with Crippen LogP contribution in [0.2, 0.25) is 15.1 Å². The first-order valence-corrected chi connectivity index (χ1v) is 13.7. The van der Waals surface area contributed by atoms with Crippen LogP contribution in [0.15, 0.2) is 102 Å². The Morgan fingerprint density at radius 3 is 2.14 bits per heavy atom. The van der Waals surface area contributed by atoms with Crippen molar-refractivity contribution in [3.63, 3.8) is 0 Å². The number of carbonyl (C=O) groups is 1. The van der Waals surface area contributed by atoms with Crippen molar-refractivity contribution in [3.05, 3.63) is 118 Å². The zero-order valence-electron chi connectivity index (χ0n) is 19.2. The highest BCUT2D eigenvalue weighted by molar-refractivity contribution is 7.89. The summed E-state index contributed by atoms with van der Waals surface area (Å²) >= 11 is 18.3. The van der Waals surface area contributed by atoms with Crippen LogP contribution in [0.5, 0.6) is 11.5 Å². The summed E-state index contributed by atoms with van der Waals surface area (Å²) in [5.41, 5.74) is 1.02. The lowest BCUT2D eigenvalue weighted by atomic mass is 10.1. The lowest BCUT2D eigenvalue weighted by molar-refractivity contribution is -0.117. The van der Waals surface area contributed by atoms with Gasteiger partial charge in [-0.15, -0.1) is 0 Å². The molecule has 0 saturated heterocycles. The van der Waals surface area contributed by atoms with Crippen LogP contribution in [0.25, 0.3) is 0 Å². The van der Waals surface area contributed by atoms with E-state index >= 15 is 0 Å². The SMILES string of the molecule is O=C(Nc1cc(Cl)ccc1Oc1ccccc1)[C@@H](Cc1ccccc1)NS(=O)(=O)c1cc(Cl)ccc1Cl. The number of sulfonamides is 1. The third kappa shape index (κ3) is 7.25. The highest BCUT2D eigenvalue weighted by Gasteiger charge is 2.28. The number of rotatable bonds is 9. The maximum atomic E-state index is 13.5. The van der Waals surface area contributed by atoms with Crippen LogP contribution >= 0.6 is 34.8 Å². The molecule has 1 amide bonds. The molecule has 10 heteroatoms. The van der Waals surface area contributed by atoms with Crippen molar-refractivity contribution in [2.75, 3.05) is 5.32 Å². The Hall–Kier alpha value is -3.07. The van der Waals surface area contributed by atoms with Crippen LogP contribution < -0.4 is 14.8 Å². The molecule has 0 heterocycles. The Kier molecular flexibility index (Phi) is 8.74. The Labute approximate surface area is 230 Å². The summed E-state index contributed by atoms with van der Waals surface area (Å²) in [4.78, 5) is 13.3. The van der Waals surface area contributed by atoms with Crippen LogP contribution in [0, 0.1) is 0 Å². The molecule has 0 unspecified atom stereocenters. The Morgan fingerprint density at radius 1 is 0.811 bits per heavy atom. The van der Waals surface area contributed by atoms with E-state index < -0.39 is 22.0 Å². The molecule has 0 saturated carbocycles. The highest BCUT2D eigenvalue weighted by Crippen LogP contribution is 2.32. The van der Waals surface area contributed by atoms with Crippen LogP contribution in [0.4, 0.5) is 5.69 Å². The minimum atomic E-state index is -4.22. The number of halogens is 3. The summed E-state index contributed by atoms with van der Waals surface area (Å²) in [6, 6.07) is 25.7. The topological polar surface area (TPSA) is 84.5 Å². The minimum Gasteiger partial charge on any atom is -0.455 e. The monoisotopic (exact) mass is 574 g/mol. The first-order chi connectivity index (χ1) is 17.7. The van der Waals surface area contributed by atoms with Crippen LogP contribution in [-0.4, -0.2) is 20.4 Å². The molecular formula is C27H21Cl3N2O4S. The van der Waals surface area contributed by atoms with Gasteiger partial charge in [-0.3, -0.25) is 4.79 Å². The first-order valence-electron chi connectivity index (χ1n) is 11.1. The van der Waals surface area contributed by atoms with Crippen molar-refractivity contribution in [2.45, 2.75) is 17.4 Å². The summed E-state index contributed by atoms with van der Waals surface area (Å²) in [5, 5.41) is 3.29. The number of carbonyl (C=O) groups excluding carboxylic acids is 1. The molecule has 4 rings (SSSR count). The average molecular weight is 576 g/mol. The molecule has 190 valence electrons. The number of nitrogens with one attached hydrogen (secondary N) is 2. The molecule has 0 aliphatic carbocycles. The summed E-state index contributed by atoms with van der Waals surface area (Å²) in [6.45, 7) is 0. The molecule has 2 N–H and O–H groups in total. The van der Waals surface area contributed by atoms with Crippen molar-refractivity contribution >= 4 is 56.4 Å². The largest absolute Gasteiger partial charge is 0.455 e. The van der Waals surface area contributed by atoms with Crippen molar-refractivity contribution in [1.29, 1.82) is 0 Å². The van der Waals surface area contributed by atoms with Crippen LogP contribution in [0.1, 0.15) is 5.56 Å².